The molecule has 0 bridgehead atoms. The Hall–Kier alpha value is -3.48. The largest absolute Gasteiger partial charge is 0.508 e. The quantitative estimate of drug-likeness (QED) is 0.208. The Kier molecular flexibility index (Phi) is 5.68. The van der Waals surface area contributed by atoms with Gasteiger partial charge in [-0.2, -0.15) is 0 Å². The van der Waals surface area contributed by atoms with Crippen molar-refractivity contribution < 1.29 is 39.2 Å². The van der Waals surface area contributed by atoms with Crippen LogP contribution in [-0.4, -0.2) is 80.6 Å². The molecule has 1 aliphatic heterocycles. The van der Waals surface area contributed by atoms with Crippen LogP contribution in [0.4, 0.5) is 10.1 Å². The van der Waals surface area contributed by atoms with Crippen molar-refractivity contribution in [3.8, 4) is 5.75 Å². The minimum absolute atomic E-state index is 0.00942. The van der Waals surface area contributed by atoms with Gasteiger partial charge in [0, 0.05) is 41.2 Å². The summed E-state index contributed by atoms with van der Waals surface area (Å²) in [5, 5.41) is 51.2. The molecule has 12 heteroatoms. The number of aromatic hydroxyl groups is 1. The van der Waals surface area contributed by atoms with E-state index in [9.17, 15) is 34.8 Å². The van der Waals surface area contributed by atoms with Gasteiger partial charge in [0.1, 0.15) is 28.7 Å². The maximum atomic E-state index is 15.9. The van der Waals surface area contributed by atoms with Crippen molar-refractivity contribution in [3.05, 3.63) is 39.4 Å². The molecule has 1 aromatic carbocycles. The van der Waals surface area contributed by atoms with Crippen molar-refractivity contribution in [2.24, 2.45) is 17.6 Å². The Morgan fingerprint density at radius 1 is 1.16 bits per heavy atom. The van der Waals surface area contributed by atoms with Crippen molar-refractivity contribution in [1.82, 2.24) is 10.2 Å². The number of nitrogens with zero attached hydrogens (tertiary/aromatic N) is 1. The highest BCUT2D eigenvalue weighted by atomic mass is 19.1. The normalized spacial score (nSPS) is 30.2. The highest BCUT2D eigenvalue weighted by Gasteiger charge is 2.64. The fourth-order valence-electron chi connectivity index (χ4n) is 6.45. The molecule has 0 saturated heterocycles. The van der Waals surface area contributed by atoms with Gasteiger partial charge in [-0.1, -0.05) is 0 Å². The van der Waals surface area contributed by atoms with E-state index in [-0.39, 0.29) is 47.3 Å². The first-order chi connectivity index (χ1) is 17.6. The molecule has 0 spiro atoms. The van der Waals surface area contributed by atoms with Crippen LogP contribution in [0.1, 0.15) is 37.0 Å². The van der Waals surface area contributed by atoms with Gasteiger partial charge in [0.05, 0.1) is 17.3 Å². The number of nitrogens with one attached hydrogen (secondary N) is 2. The first kappa shape index (κ1) is 26.1. The number of rotatable bonds is 2. The summed E-state index contributed by atoms with van der Waals surface area (Å²) >= 11 is 0. The minimum atomic E-state index is -2.74. The summed E-state index contributed by atoms with van der Waals surface area (Å²) in [7, 11) is 3.03. The molecule has 1 fully saturated rings. The first-order valence-corrected chi connectivity index (χ1v) is 12.3. The van der Waals surface area contributed by atoms with Crippen molar-refractivity contribution in [2.45, 2.75) is 50.4 Å². The van der Waals surface area contributed by atoms with Crippen LogP contribution >= 0.6 is 0 Å². The molecule has 0 radical (unpaired) electrons. The zero-order chi connectivity index (χ0) is 28.1. The average molecular weight is 531 g/mol. The number of phenols is 1. The van der Waals surface area contributed by atoms with Gasteiger partial charge in [-0.15, -0.1) is 0 Å². The Balaban J connectivity index is 1.73. The number of phenolic OH excluding ortho intramolecular Hbond substituents is 1. The summed E-state index contributed by atoms with van der Waals surface area (Å²) in [5.41, 5.74) is 0.955. The van der Waals surface area contributed by atoms with Crippen molar-refractivity contribution >= 4 is 28.9 Å². The second-order valence-electron chi connectivity index (χ2n) is 11.4. The lowest BCUT2D eigenvalue weighted by atomic mass is 9.57. The van der Waals surface area contributed by atoms with Crippen LogP contribution in [0.25, 0.3) is 5.76 Å². The van der Waals surface area contributed by atoms with Crippen LogP contribution in [0.3, 0.4) is 0 Å². The standard InChI is InChI=1S/C26H31FN4O7/c1-25(2)8-29-17-11(7-30-25)16(27)10-5-9-6-12-18(31(3)4)21(34)15(24(28)37)23(36)26(12,38)22(35)13(9)19(32)14(10)20(17)33/h9,12,18,29-30,32-33,36,38H,5-8H2,1-4H3,(H2,28,37)/t9-,12-,18-,26-/m0/s1. The van der Waals surface area contributed by atoms with E-state index in [1.165, 1.54) is 19.0 Å². The van der Waals surface area contributed by atoms with Crippen molar-refractivity contribution in [2.75, 3.05) is 26.0 Å². The molecule has 11 nitrogen and oxygen atoms in total. The van der Waals surface area contributed by atoms with Gasteiger partial charge >= 0.3 is 0 Å². The van der Waals surface area contributed by atoms with E-state index >= 15 is 4.39 Å². The number of hydrogen-bond donors (Lipinski definition) is 7. The number of hydrogen-bond acceptors (Lipinski definition) is 10. The summed E-state index contributed by atoms with van der Waals surface area (Å²) in [6, 6.07) is -1.20. The van der Waals surface area contributed by atoms with Gasteiger partial charge in [0.25, 0.3) is 5.91 Å². The third kappa shape index (κ3) is 3.33. The molecule has 1 saturated carbocycles. The van der Waals surface area contributed by atoms with Gasteiger partial charge in [0.15, 0.2) is 11.4 Å². The Bertz CT molecular complexity index is 1380. The first-order valence-electron chi connectivity index (χ1n) is 12.3. The molecule has 4 aliphatic rings. The fraction of sp³-hybridized carbons (Fsp3) is 0.500. The molecule has 8 N–H and O–H groups in total. The molecule has 1 aromatic rings. The number of carbonyl (C=O) groups is 3. The number of benzene rings is 1. The molecule has 4 atom stereocenters. The molecule has 5 rings (SSSR count). The summed E-state index contributed by atoms with van der Waals surface area (Å²) < 4.78 is 15.9. The van der Waals surface area contributed by atoms with Crippen LogP contribution in [-0.2, 0) is 27.3 Å². The van der Waals surface area contributed by atoms with E-state index < -0.39 is 75.1 Å². The van der Waals surface area contributed by atoms with E-state index in [1.807, 2.05) is 13.8 Å². The Morgan fingerprint density at radius 3 is 2.42 bits per heavy atom. The number of aliphatic hydroxyl groups is 3. The monoisotopic (exact) mass is 530 g/mol. The maximum absolute atomic E-state index is 15.9. The van der Waals surface area contributed by atoms with Crippen LogP contribution in [0.15, 0.2) is 16.9 Å². The zero-order valence-corrected chi connectivity index (χ0v) is 21.5. The molecular formula is C26H31FN4O7. The number of halogens is 1. The predicted octanol–water partition coefficient (Wildman–Crippen LogP) is 0.397. The topological polar surface area (TPSA) is 185 Å². The number of Topliss-reactive ketones (excluding diaryl/α,β-unsaturated/α-hetero) is 2. The van der Waals surface area contributed by atoms with Crippen molar-refractivity contribution in [1.29, 1.82) is 0 Å². The third-order valence-electron chi connectivity index (χ3n) is 8.37. The van der Waals surface area contributed by atoms with Crippen LogP contribution in [0.2, 0.25) is 0 Å². The fourth-order valence-corrected chi connectivity index (χ4v) is 6.45. The van der Waals surface area contributed by atoms with Gasteiger partial charge < -0.3 is 36.8 Å². The summed E-state index contributed by atoms with van der Waals surface area (Å²) in [5.74, 6) is -8.32. The van der Waals surface area contributed by atoms with E-state index in [2.05, 4.69) is 10.6 Å². The number of carbonyl (C=O) groups excluding carboxylic acids is 3. The molecule has 38 heavy (non-hydrogen) atoms. The van der Waals surface area contributed by atoms with Crippen LogP contribution in [0, 0.1) is 17.7 Å². The third-order valence-corrected chi connectivity index (χ3v) is 8.37. The average Bonchev–Trinajstić information content (AvgIpc) is 2.97. The molecule has 204 valence electrons. The number of likely N-dealkylation sites (N-methyl/N-ethyl adjacent to an activating group) is 1. The van der Waals surface area contributed by atoms with E-state index in [0.717, 1.165) is 0 Å². The van der Waals surface area contributed by atoms with E-state index in [1.54, 1.807) is 0 Å². The van der Waals surface area contributed by atoms with E-state index in [0.29, 0.717) is 6.54 Å². The lowest BCUT2D eigenvalue weighted by molar-refractivity contribution is -0.153. The smallest absolute Gasteiger partial charge is 0.255 e. The summed E-state index contributed by atoms with van der Waals surface area (Å²) in [4.78, 5) is 40.5. The number of primary amides is 1. The lowest BCUT2D eigenvalue weighted by Crippen LogP contribution is -2.65. The van der Waals surface area contributed by atoms with Gasteiger partial charge in [-0.25, -0.2) is 4.39 Å². The van der Waals surface area contributed by atoms with Gasteiger partial charge in [-0.3, -0.25) is 19.3 Å². The molecule has 0 aromatic heterocycles. The lowest BCUT2D eigenvalue weighted by Gasteiger charge is -2.50. The molecule has 0 unspecified atom stereocenters. The number of aliphatic hydroxyl groups excluding tert-OH is 2. The molecular weight excluding hydrogens is 499 g/mol. The summed E-state index contributed by atoms with van der Waals surface area (Å²) in [6.07, 6.45) is -0.211. The molecule has 1 heterocycles. The Morgan fingerprint density at radius 2 is 1.82 bits per heavy atom. The number of fused-ring (bicyclic) bond motifs is 4. The highest BCUT2D eigenvalue weighted by molar-refractivity contribution is 6.24. The van der Waals surface area contributed by atoms with Crippen LogP contribution < -0.4 is 16.4 Å². The molecule has 1 amide bonds. The van der Waals surface area contributed by atoms with Gasteiger partial charge in [-0.05, 0) is 46.7 Å². The Labute approximate surface area is 217 Å². The van der Waals surface area contributed by atoms with E-state index in [4.69, 9.17) is 5.73 Å². The second-order valence-corrected chi connectivity index (χ2v) is 11.4. The maximum Gasteiger partial charge on any atom is 0.255 e. The second kappa shape index (κ2) is 8.26. The molecule has 3 aliphatic carbocycles. The number of anilines is 1. The minimum Gasteiger partial charge on any atom is -0.508 e. The summed E-state index contributed by atoms with van der Waals surface area (Å²) in [6.45, 7) is 4.25. The zero-order valence-electron chi connectivity index (χ0n) is 21.5. The number of ketones is 2. The van der Waals surface area contributed by atoms with Crippen LogP contribution in [0.5, 0.6) is 5.75 Å². The SMILES string of the molecule is CN(C)[C@@H]1C(=O)C(C(N)=O)=C(O)[C@@]2(O)C(=O)C3=C(O)c4c(O)c5c(c(F)c4C[C@H]3C[C@@H]12)CNC(C)(C)CN5. The highest BCUT2D eigenvalue weighted by Crippen LogP contribution is 2.54. The predicted molar refractivity (Wildman–Crippen MR) is 134 cm³/mol. The van der Waals surface area contributed by atoms with Crippen molar-refractivity contribution in [3.63, 3.8) is 0 Å². The number of nitrogens with two attached hydrogens (primary N) is 1. The number of amides is 1. The van der Waals surface area contributed by atoms with Gasteiger partial charge in [0.2, 0.25) is 5.78 Å².